The van der Waals surface area contributed by atoms with Crippen molar-refractivity contribution in [3.05, 3.63) is 29.7 Å². The number of nitrogens with zero attached hydrogens (tertiary/aromatic N) is 2. The number of hydrogen-bond acceptors (Lipinski definition) is 3. The lowest BCUT2D eigenvalue weighted by Gasteiger charge is -2.38. The lowest BCUT2D eigenvalue weighted by atomic mass is 9.79. The summed E-state index contributed by atoms with van der Waals surface area (Å²) in [6.45, 7) is 0. The number of amides is 1. The third-order valence-electron chi connectivity index (χ3n) is 5.50. The number of aromatic nitrogens is 2. The van der Waals surface area contributed by atoms with E-state index in [-0.39, 0.29) is 17.4 Å². The summed E-state index contributed by atoms with van der Waals surface area (Å²) < 4.78 is 15.5. The molecule has 23 heavy (non-hydrogen) atoms. The fourth-order valence-electron chi connectivity index (χ4n) is 4.46. The molecule has 4 rings (SSSR count). The van der Waals surface area contributed by atoms with Crippen molar-refractivity contribution >= 4 is 16.8 Å². The molecule has 3 atom stereocenters. The van der Waals surface area contributed by atoms with E-state index in [1.54, 1.807) is 11.7 Å². The molecule has 2 saturated heterocycles. The molecular formula is C17H21FN4O. The summed E-state index contributed by atoms with van der Waals surface area (Å²) in [5.74, 6) is -0.683. The molecule has 0 saturated carbocycles. The second kappa shape index (κ2) is 5.03. The van der Waals surface area contributed by atoms with Crippen LogP contribution >= 0.6 is 0 Å². The average Bonchev–Trinajstić information content (AvgIpc) is 2.95. The molecule has 2 aliphatic rings. The molecule has 2 bridgehead atoms. The monoisotopic (exact) mass is 316 g/mol. The number of fused-ring (bicyclic) bond motifs is 3. The summed E-state index contributed by atoms with van der Waals surface area (Å²) in [4.78, 5) is 11.6. The van der Waals surface area contributed by atoms with Crippen LogP contribution in [0.2, 0.25) is 0 Å². The standard InChI is InChI=1S/C17H21FN4O/c1-22-14-3-2-10(6-13(14)15(18)21-22)8-17-5-4-12(20-17)7-11(9-17)16(19)23/h2-3,6,11-12,20H,4-5,7-9H2,1H3,(H2,19,23). The number of nitrogens with two attached hydrogens (primary N) is 1. The Labute approximate surface area is 134 Å². The number of primary amides is 1. The summed E-state index contributed by atoms with van der Waals surface area (Å²) in [6, 6.07) is 6.20. The quantitative estimate of drug-likeness (QED) is 0.904. The number of carbonyl (C=O) groups is 1. The summed E-state index contributed by atoms with van der Waals surface area (Å²) >= 11 is 0. The molecule has 3 N–H and O–H groups in total. The summed E-state index contributed by atoms with van der Waals surface area (Å²) in [5, 5.41) is 8.07. The number of piperidine rings is 1. The summed E-state index contributed by atoms with van der Waals surface area (Å²) in [5.41, 5.74) is 7.32. The van der Waals surface area contributed by atoms with Gasteiger partial charge in [0, 0.05) is 24.5 Å². The zero-order chi connectivity index (χ0) is 16.2. The largest absolute Gasteiger partial charge is 0.369 e. The van der Waals surface area contributed by atoms with Crippen molar-refractivity contribution in [2.24, 2.45) is 18.7 Å². The van der Waals surface area contributed by atoms with Gasteiger partial charge in [-0.3, -0.25) is 9.48 Å². The van der Waals surface area contributed by atoms with Crippen molar-refractivity contribution in [2.45, 2.75) is 43.7 Å². The molecule has 1 aromatic carbocycles. The third-order valence-corrected chi connectivity index (χ3v) is 5.50. The van der Waals surface area contributed by atoms with Crippen LogP contribution in [0.25, 0.3) is 10.9 Å². The third kappa shape index (κ3) is 2.41. The second-order valence-electron chi connectivity index (χ2n) is 7.14. The van der Waals surface area contributed by atoms with Gasteiger partial charge in [-0.2, -0.15) is 4.39 Å². The maximum absolute atomic E-state index is 13.9. The predicted octanol–water partition coefficient (Wildman–Crippen LogP) is 1.64. The van der Waals surface area contributed by atoms with Crippen LogP contribution in [0.3, 0.4) is 0 Å². The fourth-order valence-corrected chi connectivity index (χ4v) is 4.46. The van der Waals surface area contributed by atoms with Gasteiger partial charge in [-0.25, -0.2) is 0 Å². The highest BCUT2D eigenvalue weighted by molar-refractivity contribution is 5.80. The van der Waals surface area contributed by atoms with E-state index in [4.69, 9.17) is 5.73 Å². The van der Waals surface area contributed by atoms with E-state index in [1.165, 1.54) is 0 Å². The Balaban J connectivity index is 1.64. The van der Waals surface area contributed by atoms with Gasteiger partial charge in [-0.1, -0.05) is 6.07 Å². The van der Waals surface area contributed by atoms with Gasteiger partial charge >= 0.3 is 0 Å². The highest BCUT2D eigenvalue weighted by atomic mass is 19.1. The van der Waals surface area contributed by atoms with Gasteiger partial charge in [-0.15, -0.1) is 5.10 Å². The number of halogens is 1. The van der Waals surface area contributed by atoms with Crippen LogP contribution < -0.4 is 11.1 Å². The van der Waals surface area contributed by atoms with Gasteiger partial charge in [0.05, 0.1) is 10.9 Å². The number of aryl methyl sites for hydroxylation is 1. The first-order valence-electron chi connectivity index (χ1n) is 8.14. The highest BCUT2D eigenvalue weighted by Crippen LogP contribution is 2.41. The van der Waals surface area contributed by atoms with E-state index in [0.29, 0.717) is 11.4 Å². The van der Waals surface area contributed by atoms with Crippen molar-refractivity contribution in [2.75, 3.05) is 0 Å². The topological polar surface area (TPSA) is 72.9 Å². The van der Waals surface area contributed by atoms with Gasteiger partial charge in [0.2, 0.25) is 11.9 Å². The molecule has 0 aliphatic carbocycles. The first-order chi connectivity index (χ1) is 11.0. The SMILES string of the molecule is Cn1nc(F)c2cc(CC34CCC(CC(C(N)=O)C3)N4)ccc21. The smallest absolute Gasteiger partial charge is 0.240 e. The molecule has 122 valence electrons. The van der Waals surface area contributed by atoms with Crippen molar-refractivity contribution < 1.29 is 9.18 Å². The van der Waals surface area contributed by atoms with Crippen LogP contribution in [0, 0.1) is 11.9 Å². The molecule has 0 radical (unpaired) electrons. The molecule has 0 spiro atoms. The van der Waals surface area contributed by atoms with Crippen LogP contribution in [0.4, 0.5) is 4.39 Å². The number of benzene rings is 1. The molecule has 2 aromatic rings. The molecule has 5 nitrogen and oxygen atoms in total. The lowest BCUT2D eigenvalue weighted by molar-refractivity contribution is -0.123. The Bertz CT molecular complexity index is 786. The van der Waals surface area contributed by atoms with E-state index < -0.39 is 5.95 Å². The Morgan fingerprint density at radius 3 is 3.17 bits per heavy atom. The van der Waals surface area contributed by atoms with E-state index in [0.717, 1.165) is 43.2 Å². The van der Waals surface area contributed by atoms with Crippen LogP contribution in [0.1, 0.15) is 31.2 Å². The fraction of sp³-hybridized carbons (Fsp3) is 0.529. The summed E-state index contributed by atoms with van der Waals surface area (Å²) in [6.07, 6.45) is 4.51. The zero-order valence-electron chi connectivity index (χ0n) is 13.2. The van der Waals surface area contributed by atoms with Crippen LogP contribution in [0.15, 0.2) is 18.2 Å². The first kappa shape index (κ1) is 14.6. The predicted molar refractivity (Wildman–Crippen MR) is 85.2 cm³/mol. The van der Waals surface area contributed by atoms with Crippen LogP contribution in [-0.4, -0.2) is 27.3 Å². The van der Waals surface area contributed by atoms with Gasteiger partial charge in [0.15, 0.2) is 0 Å². The zero-order valence-corrected chi connectivity index (χ0v) is 13.2. The molecule has 3 heterocycles. The Morgan fingerprint density at radius 1 is 1.57 bits per heavy atom. The van der Waals surface area contributed by atoms with Crippen molar-refractivity contribution in [3.8, 4) is 0 Å². The van der Waals surface area contributed by atoms with E-state index in [9.17, 15) is 9.18 Å². The minimum Gasteiger partial charge on any atom is -0.369 e. The maximum atomic E-state index is 13.9. The number of hydrogen-bond donors (Lipinski definition) is 2. The first-order valence-corrected chi connectivity index (χ1v) is 8.14. The lowest BCUT2D eigenvalue weighted by Crippen LogP contribution is -2.53. The number of carbonyl (C=O) groups excluding carboxylic acids is 1. The Hall–Kier alpha value is -1.95. The van der Waals surface area contributed by atoms with E-state index in [2.05, 4.69) is 10.4 Å². The summed E-state index contributed by atoms with van der Waals surface area (Å²) in [7, 11) is 1.74. The van der Waals surface area contributed by atoms with Gasteiger partial charge in [0.25, 0.3) is 0 Å². The normalized spacial score (nSPS) is 30.0. The Morgan fingerprint density at radius 2 is 2.39 bits per heavy atom. The van der Waals surface area contributed by atoms with Crippen molar-refractivity contribution in [3.63, 3.8) is 0 Å². The van der Waals surface area contributed by atoms with Gasteiger partial charge in [-0.05, 0) is 49.8 Å². The second-order valence-corrected chi connectivity index (χ2v) is 7.14. The maximum Gasteiger partial charge on any atom is 0.240 e. The van der Waals surface area contributed by atoms with Crippen LogP contribution in [0.5, 0.6) is 0 Å². The molecule has 3 unspecified atom stereocenters. The van der Waals surface area contributed by atoms with E-state index in [1.807, 2.05) is 18.2 Å². The molecule has 1 amide bonds. The minimum absolute atomic E-state index is 0.0531. The molecule has 2 fully saturated rings. The average molecular weight is 316 g/mol. The molecular weight excluding hydrogens is 295 g/mol. The highest BCUT2D eigenvalue weighted by Gasteiger charge is 2.46. The Kier molecular flexibility index (Phi) is 3.20. The van der Waals surface area contributed by atoms with Crippen LogP contribution in [-0.2, 0) is 18.3 Å². The molecule has 6 heteroatoms. The van der Waals surface area contributed by atoms with Crippen molar-refractivity contribution in [1.82, 2.24) is 15.1 Å². The molecule has 1 aromatic heterocycles. The minimum atomic E-state index is -0.433. The number of rotatable bonds is 3. The van der Waals surface area contributed by atoms with Gasteiger partial charge < -0.3 is 11.1 Å². The van der Waals surface area contributed by atoms with E-state index >= 15 is 0 Å². The van der Waals surface area contributed by atoms with Gasteiger partial charge in [0.1, 0.15) is 0 Å². The number of nitrogens with one attached hydrogen (secondary N) is 1. The molecule has 2 aliphatic heterocycles. The van der Waals surface area contributed by atoms with Crippen molar-refractivity contribution in [1.29, 1.82) is 0 Å².